The second-order valence-electron chi connectivity index (χ2n) is 4.72. The van der Waals surface area contributed by atoms with Crippen LogP contribution in [0.2, 0.25) is 0 Å². The highest BCUT2D eigenvalue weighted by Crippen LogP contribution is 2.29. The fraction of sp³-hybridized carbons (Fsp3) is 0.0588. The zero-order valence-electron chi connectivity index (χ0n) is 12.1. The Morgan fingerprint density at radius 3 is 2.25 bits per heavy atom. The summed E-state index contributed by atoms with van der Waals surface area (Å²) in [4.78, 5) is 12.0. The van der Waals surface area contributed by atoms with Crippen LogP contribution in [0.25, 0.3) is 6.08 Å². The Morgan fingerprint density at radius 2 is 1.71 bits per heavy atom. The third-order valence-electron chi connectivity index (χ3n) is 3.04. The largest absolute Gasteiger partial charge is 0.416 e. The average molecular weight is 334 g/mol. The summed E-state index contributed by atoms with van der Waals surface area (Å²) < 4.78 is 50.9. The molecule has 24 heavy (non-hydrogen) atoms. The molecule has 3 nitrogen and oxygen atoms in total. The Labute approximate surface area is 134 Å². The summed E-state index contributed by atoms with van der Waals surface area (Å²) in [6.07, 6.45) is -3.35. The van der Waals surface area contributed by atoms with Crippen LogP contribution in [-0.2, 0) is 11.0 Å². The first-order valence-corrected chi connectivity index (χ1v) is 6.66. The second-order valence-corrected chi connectivity index (χ2v) is 4.72. The number of nitrogens with one attached hydrogen (secondary N) is 1. The molecule has 7 heteroatoms. The van der Waals surface area contributed by atoms with Crippen molar-refractivity contribution in [2.45, 2.75) is 6.18 Å². The van der Waals surface area contributed by atoms with Crippen LogP contribution in [0.15, 0.2) is 54.1 Å². The normalized spacial score (nSPS) is 11.7. The molecule has 122 valence electrons. The Bertz CT molecular complexity index is 818. The van der Waals surface area contributed by atoms with E-state index >= 15 is 0 Å². The van der Waals surface area contributed by atoms with E-state index in [0.29, 0.717) is 0 Å². The molecule has 2 aromatic rings. The van der Waals surface area contributed by atoms with Crippen molar-refractivity contribution >= 4 is 17.7 Å². The van der Waals surface area contributed by atoms with Gasteiger partial charge in [0.25, 0.3) is 5.91 Å². The fourth-order valence-electron chi connectivity index (χ4n) is 1.84. The van der Waals surface area contributed by atoms with Crippen LogP contribution in [0.5, 0.6) is 0 Å². The lowest BCUT2D eigenvalue weighted by molar-refractivity contribution is -0.137. The molecule has 2 rings (SSSR count). The zero-order valence-corrected chi connectivity index (χ0v) is 12.1. The third-order valence-corrected chi connectivity index (χ3v) is 3.04. The lowest BCUT2D eigenvalue weighted by Crippen LogP contribution is -2.14. The topological polar surface area (TPSA) is 52.9 Å². The van der Waals surface area contributed by atoms with E-state index in [1.54, 1.807) is 6.07 Å². The fourth-order valence-corrected chi connectivity index (χ4v) is 1.84. The van der Waals surface area contributed by atoms with Gasteiger partial charge in [-0.1, -0.05) is 24.3 Å². The van der Waals surface area contributed by atoms with Gasteiger partial charge >= 0.3 is 6.18 Å². The number of hydrogen-bond acceptors (Lipinski definition) is 2. The molecule has 0 fully saturated rings. The molecule has 0 spiro atoms. The quantitative estimate of drug-likeness (QED) is 0.514. The smallest absolute Gasteiger partial charge is 0.319 e. The number of carbonyl (C=O) groups excluding carboxylic acids is 1. The molecular formula is C17H10F4N2O. The molecule has 0 aliphatic heterocycles. The SMILES string of the molecule is N#C/C(=C\c1ccc(C(F)(F)F)cc1)C(=O)Nc1ccccc1F. The second kappa shape index (κ2) is 6.96. The number of carbonyl (C=O) groups is 1. The maximum absolute atomic E-state index is 13.5. The third kappa shape index (κ3) is 4.20. The lowest BCUT2D eigenvalue weighted by Gasteiger charge is -2.07. The molecule has 0 aliphatic rings. The van der Waals surface area contributed by atoms with Gasteiger partial charge in [-0.05, 0) is 35.9 Å². The highest BCUT2D eigenvalue weighted by atomic mass is 19.4. The maximum atomic E-state index is 13.5. The Kier molecular flexibility index (Phi) is 4.99. The molecule has 1 amide bonds. The minimum absolute atomic E-state index is 0.101. The van der Waals surface area contributed by atoms with Gasteiger partial charge in [-0.25, -0.2) is 4.39 Å². The van der Waals surface area contributed by atoms with Gasteiger partial charge in [0.1, 0.15) is 17.5 Å². The zero-order chi connectivity index (χ0) is 17.7. The van der Waals surface area contributed by atoms with E-state index in [9.17, 15) is 22.4 Å². The molecule has 0 bridgehead atoms. The maximum Gasteiger partial charge on any atom is 0.416 e. The van der Waals surface area contributed by atoms with Gasteiger partial charge in [0, 0.05) is 0 Å². The van der Waals surface area contributed by atoms with Crippen molar-refractivity contribution in [1.29, 1.82) is 5.26 Å². The first kappa shape index (κ1) is 17.2. The van der Waals surface area contributed by atoms with Crippen LogP contribution >= 0.6 is 0 Å². The Morgan fingerprint density at radius 1 is 1.08 bits per heavy atom. The van der Waals surface area contributed by atoms with E-state index in [1.165, 1.54) is 18.2 Å². The first-order chi connectivity index (χ1) is 11.3. The van der Waals surface area contributed by atoms with E-state index in [-0.39, 0.29) is 16.8 Å². The minimum Gasteiger partial charge on any atom is -0.319 e. The number of hydrogen-bond donors (Lipinski definition) is 1. The molecule has 2 aromatic carbocycles. The molecule has 0 saturated heterocycles. The van der Waals surface area contributed by atoms with Crippen molar-refractivity contribution in [1.82, 2.24) is 0 Å². The summed E-state index contributed by atoms with van der Waals surface area (Å²) in [6, 6.07) is 11.0. The van der Waals surface area contributed by atoms with Gasteiger partial charge in [-0.3, -0.25) is 4.79 Å². The van der Waals surface area contributed by atoms with E-state index in [4.69, 9.17) is 5.26 Å². The summed E-state index contributed by atoms with van der Waals surface area (Å²) in [5.41, 5.74) is -1.06. The molecule has 0 heterocycles. The van der Waals surface area contributed by atoms with Crippen molar-refractivity contribution in [3.05, 3.63) is 71.0 Å². The number of amides is 1. The number of nitriles is 1. The van der Waals surface area contributed by atoms with Crippen LogP contribution in [0.3, 0.4) is 0 Å². The standard InChI is InChI=1S/C17H10F4N2O/c18-14-3-1-2-4-15(14)23-16(24)12(10-22)9-11-5-7-13(8-6-11)17(19,20)21/h1-9H,(H,23,24)/b12-9+. The van der Waals surface area contributed by atoms with Gasteiger partial charge in [0.15, 0.2) is 0 Å². The first-order valence-electron chi connectivity index (χ1n) is 6.66. The summed E-state index contributed by atoms with van der Waals surface area (Å²) in [6.45, 7) is 0. The molecule has 0 radical (unpaired) electrons. The molecule has 0 saturated carbocycles. The molecule has 0 atom stereocenters. The van der Waals surface area contributed by atoms with Crippen LogP contribution in [-0.4, -0.2) is 5.91 Å². The van der Waals surface area contributed by atoms with Crippen molar-refractivity contribution in [2.24, 2.45) is 0 Å². The van der Waals surface area contributed by atoms with Crippen LogP contribution in [0.1, 0.15) is 11.1 Å². The van der Waals surface area contributed by atoms with Crippen molar-refractivity contribution in [3.8, 4) is 6.07 Å². The summed E-state index contributed by atoms with van der Waals surface area (Å²) in [5.74, 6) is -1.53. The van der Waals surface area contributed by atoms with Crippen molar-refractivity contribution < 1.29 is 22.4 Å². The average Bonchev–Trinajstić information content (AvgIpc) is 2.54. The van der Waals surface area contributed by atoms with Gasteiger partial charge in [-0.15, -0.1) is 0 Å². The predicted molar refractivity (Wildman–Crippen MR) is 80.1 cm³/mol. The number of nitrogens with zero attached hydrogens (tertiary/aromatic N) is 1. The number of halogens is 4. The van der Waals surface area contributed by atoms with E-state index in [0.717, 1.165) is 36.4 Å². The van der Waals surface area contributed by atoms with Gasteiger partial charge in [0.2, 0.25) is 0 Å². The van der Waals surface area contributed by atoms with Gasteiger partial charge in [0.05, 0.1) is 11.3 Å². The number of anilines is 1. The number of rotatable bonds is 3. The van der Waals surface area contributed by atoms with Gasteiger partial charge < -0.3 is 5.32 Å². The summed E-state index contributed by atoms with van der Waals surface area (Å²) >= 11 is 0. The molecule has 0 unspecified atom stereocenters. The predicted octanol–water partition coefficient (Wildman–Crippen LogP) is 4.39. The highest BCUT2D eigenvalue weighted by molar-refractivity contribution is 6.09. The lowest BCUT2D eigenvalue weighted by atomic mass is 10.1. The molecular weight excluding hydrogens is 324 g/mol. The van der Waals surface area contributed by atoms with Crippen LogP contribution < -0.4 is 5.32 Å². The van der Waals surface area contributed by atoms with Crippen molar-refractivity contribution in [2.75, 3.05) is 5.32 Å². The Balaban J connectivity index is 2.21. The van der Waals surface area contributed by atoms with E-state index in [2.05, 4.69) is 5.32 Å². The monoisotopic (exact) mass is 334 g/mol. The Hall–Kier alpha value is -3.14. The number of benzene rings is 2. The van der Waals surface area contributed by atoms with E-state index in [1.807, 2.05) is 0 Å². The molecule has 0 aromatic heterocycles. The number of alkyl halides is 3. The molecule has 0 aliphatic carbocycles. The summed E-state index contributed by atoms with van der Waals surface area (Å²) in [5, 5.41) is 11.3. The minimum atomic E-state index is -4.47. The van der Waals surface area contributed by atoms with Gasteiger partial charge in [-0.2, -0.15) is 18.4 Å². The van der Waals surface area contributed by atoms with Crippen molar-refractivity contribution in [3.63, 3.8) is 0 Å². The van der Waals surface area contributed by atoms with E-state index < -0.39 is 23.5 Å². The molecule has 1 N–H and O–H groups in total. The number of para-hydroxylation sites is 1. The van der Waals surface area contributed by atoms with Crippen LogP contribution in [0, 0.1) is 17.1 Å². The summed E-state index contributed by atoms with van der Waals surface area (Å²) in [7, 11) is 0. The highest BCUT2D eigenvalue weighted by Gasteiger charge is 2.29. The van der Waals surface area contributed by atoms with Crippen LogP contribution in [0.4, 0.5) is 23.2 Å².